The average Bonchev–Trinajstić information content (AvgIpc) is 3.39. The zero-order valence-corrected chi connectivity index (χ0v) is 15.0. The molecule has 1 saturated carbocycles. The monoisotopic (exact) mass is 367 g/mol. The van der Waals surface area contributed by atoms with Gasteiger partial charge in [-0.2, -0.15) is 0 Å². The van der Waals surface area contributed by atoms with E-state index in [9.17, 15) is 9.59 Å². The van der Waals surface area contributed by atoms with Crippen molar-refractivity contribution in [3.63, 3.8) is 0 Å². The Kier molecular flexibility index (Phi) is 4.70. The zero-order chi connectivity index (χ0) is 18.8. The molecule has 27 heavy (non-hydrogen) atoms. The van der Waals surface area contributed by atoms with Crippen molar-refractivity contribution in [2.24, 2.45) is 0 Å². The van der Waals surface area contributed by atoms with Gasteiger partial charge >= 0.3 is 0 Å². The summed E-state index contributed by atoms with van der Waals surface area (Å²) < 4.78 is 5.94. The Labute approximate surface area is 157 Å². The van der Waals surface area contributed by atoms with Crippen LogP contribution in [0.1, 0.15) is 35.4 Å². The van der Waals surface area contributed by atoms with Crippen molar-refractivity contribution in [1.29, 1.82) is 0 Å². The maximum absolute atomic E-state index is 12.9. The van der Waals surface area contributed by atoms with Gasteiger partial charge < -0.3 is 15.0 Å². The molecule has 0 unspecified atom stereocenters. The highest BCUT2D eigenvalue weighted by Crippen LogP contribution is 2.26. The van der Waals surface area contributed by atoms with Crippen LogP contribution >= 0.6 is 0 Å². The second-order valence-electron chi connectivity index (χ2n) is 6.96. The molecule has 2 fully saturated rings. The van der Waals surface area contributed by atoms with Crippen molar-refractivity contribution in [2.75, 3.05) is 6.54 Å². The number of carbonyl (C=O) groups is 2. The van der Waals surface area contributed by atoms with Crippen LogP contribution in [0.25, 0.3) is 0 Å². The summed E-state index contributed by atoms with van der Waals surface area (Å²) in [5.74, 6) is 0.173. The Morgan fingerprint density at radius 1 is 1.22 bits per heavy atom. The van der Waals surface area contributed by atoms with Crippen molar-refractivity contribution >= 4 is 11.8 Å². The molecule has 2 aromatic rings. The number of aryl methyl sites for hydroxylation is 1. The molecule has 0 bridgehead atoms. The first-order valence-corrected chi connectivity index (χ1v) is 9.07. The minimum Gasteiger partial charge on any atom is -0.487 e. The molecule has 1 aliphatic heterocycles. The van der Waals surface area contributed by atoms with Crippen molar-refractivity contribution in [3.05, 3.63) is 48.3 Å². The van der Waals surface area contributed by atoms with Gasteiger partial charge in [-0.25, -0.2) is 4.98 Å². The van der Waals surface area contributed by atoms with E-state index in [0.29, 0.717) is 18.7 Å². The molecule has 1 N–H and O–H groups in total. The average molecular weight is 367 g/mol. The Balaban J connectivity index is 1.52. The van der Waals surface area contributed by atoms with Gasteiger partial charge in [0, 0.05) is 24.9 Å². The first kappa shape index (κ1) is 17.4. The highest BCUT2D eigenvalue weighted by molar-refractivity contribution is 5.96. The molecular formula is C19H21N5O3. The molecule has 8 nitrogen and oxygen atoms in total. The molecule has 2 atom stereocenters. The van der Waals surface area contributed by atoms with Crippen LogP contribution in [0.2, 0.25) is 0 Å². The quantitative estimate of drug-likeness (QED) is 0.851. The van der Waals surface area contributed by atoms with Crippen LogP contribution in [0.5, 0.6) is 5.75 Å². The smallest absolute Gasteiger partial charge is 0.274 e. The molecule has 2 amide bonds. The summed E-state index contributed by atoms with van der Waals surface area (Å²) in [7, 11) is 0. The van der Waals surface area contributed by atoms with E-state index >= 15 is 0 Å². The highest BCUT2D eigenvalue weighted by atomic mass is 16.5. The van der Waals surface area contributed by atoms with Crippen molar-refractivity contribution in [3.8, 4) is 5.75 Å². The van der Waals surface area contributed by atoms with Crippen molar-refractivity contribution in [1.82, 2.24) is 25.2 Å². The fourth-order valence-corrected chi connectivity index (χ4v) is 3.14. The fraction of sp³-hybridized carbons (Fsp3) is 0.421. The predicted molar refractivity (Wildman–Crippen MR) is 96.0 cm³/mol. The van der Waals surface area contributed by atoms with Gasteiger partial charge in [-0.15, -0.1) is 0 Å². The summed E-state index contributed by atoms with van der Waals surface area (Å²) in [6.07, 6.45) is 8.41. The summed E-state index contributed by atoms with van der Waals surface area (Å²) in [5.41, 5.74) is 0.959. The SMILES string of the molecule is Cc1cnc(C(=O)N2C[C@@H](Oc3cccnc3)C[C@H]2C(=O)NC2CC2)cn1. The number of aromatic nitrogens is 3. The number of nitrogens with zero attached hydrogens (tertiary/aromatic N) is 4. The van der Waals surface area contributed by atoms with Crippen LogP contribution in [-0.4, -0.2) is 56.4 Å². The highest BCUT2D eigenvalue weighted by Gasteiger charge is 2.42. The Bertz CT molecular complexity index is 823. The van der Waals surface area contributed by atoms with E-state index in [2.05, 4.69) is 20.3 Å². The molecule has 4 rings (SSSR count). The summed E-state index contributed by atoms with van der Waals surface area (Å²) in [4.78, 5) is 39.5. The van der Waals surface area contributed by atoms with E-state index in [0.717, 1.165) is 18.5 Å². The summed E-state index contributed by atoms with van der Waals surface area (Å²) in [6.45, 7) is 2.12. The van der Waals surface area contributed by atoms with E-state index in [1.54, 1.807) is 31.6 Å². The van der Waals surface area contributed by atoms with E-state index in [-0.39, 0.29) is 29.7 Å². The molecule has 1 aliphatic carbocycles. The van der Waals surface area contributed by atoms with E-state index in [1.165, 1.54) is 11.1 Å². The molecule has 2 aliphatic rings. The fourth-order valence-electron chi connectivity index (χ4n) is 3.14. The maximum Gasteiger partial charge on any atom is 0.274 e. The third-order valence-electron chi connectivity index (χ3n) is 4.69. The van der Waals surface area contributed by atoms with Crippen molar-refractivity contribution in [2.45, 2.75) is 44.4 Å². The summed E-state index contributed by atoms with van der Waals surface area (Å²) >= 11 is 0. The molecule has 3 heterocycles. The van der Waals surface area contributed by atoms with Crippen LogP contribution in [0.3, 0.4) is 0 Å². The molecule has 0 aromatic carbocycles. The zero-order valence-electron chi connectivity index (χ0n) is 15.0. The first-order chi connectivity index (χ1) is 13.1. The van der Waals surface area contributed by atoms with E-state index < -0.39 is 6.04 Å². The van der Waals surface area contributed by atoms with Gasteiger partial charge in [0.25, 0.3) is 5.91 Å². The second-order valence-corrected chi connectivity index (χ2v) is 6.96. The molecule has 0 spiro atoms. The molecule has 140 valence electrons. The minimum absolute atomic E-state index is 0.136. The second kappa shape index (κ2) is 7.30. The summed E-state index contributed by atoms with van der Waals surface area (Å²) in [5, 5.41) is 2.99. The standard InChI is InChI=1S/C19H21N5O3/c1-12-8-22-16(10-21-12)19(26)24-11-15(27-14-3-2-6-20-9-14)7-17(24)18(25)23-13-4-5-13/h2-3,6,8-10,13,15,17H,4-5,7,11H2,1H3,(H,23,25)/t15-,17-/m0/s1. The lowest BCUT2D eigenvalue weighted by Crippen LogP contribution is -2.46. The largest absolute Gasteiger partial charge is 0.487 e. The van der Waals surface area contributed by atoms with Gasteiger partial charge in [-0.3, -0.25) is 19.6 Å². The van der Waals surface area contributed by atoms with Gasteiger partial charge in [-0.05, 0) is 31.9 Å². The third kappa shape index (κ3) is 4.05. The van der Waals surface area contributed by atoms with Crippen molar-refractivity contribution < 1.29 is 14.3 Å². The first-order valence-electron chi connectivity index (χ1n) is 9.07. The molecule has 2 aromatic heterocycles. The predicted octanol–water partition coefficient (Wildman–Crippen LogP) is 1.12. The Hall–Kier alpha value is -3.03. The van der Waals surface area contributed by atoms with Gasteiger partial charge in [0.15, 0.2) is 0 Å². The van der Waals surface area contributed by atoms with Gasteiger partial charge in [0.05, 0.1) is 24.6 Å². The van der Waals surface area contributed by atoms with Crippen LogP contribution in [0.4, 0.5) is 0 Å². The number of amides is 2. The van der Waals surface area contributed by atoms with Gasteiger partial charge in [0.1, 0.15) is 23.6 Å². The summed E-state index contributed by atoms with van der Waals surface area (Å²) in [6, 6.07) is 3.24. The number of hydrogen-bond acceptors (Lipinski definition) is 6. The number of ether oxygens (including phenoxy) is 1. The number of pyridine rings is 1. The lowest BCUT2D eigenvalue weighted by Gasteiger charge is -2.23. The van der Waals surface area contributed by atoms with Gasteiger partial charge in [-0.1, -0.05) is 0 Å². The maximum atomic E-state index is 12.9. The Morgan fingerprint density at radius 2 is 2.07 bits per heavy atom. The minimum atomic E-state index is -0.581. The number of nitrogens with one attached hydrogen (secondary N) is 1. The van der Waals surface area contributed by atoms with E-state index in [4.69, 9.17) is 4.74 Å². The number of hydrogen-bond donors (Lipinski definition) is 1. The molecule has 8 heteroatoms. The van der Waals surface area contributed by atoms with Gasteiger partial charge in [0.2, 0.25) is 5.91 Å². The molecule has 1 saturated heterocycles. The number of rotatable bonds is 5. The number of carbonyl (C=O) groups excluding carboxylic acids is 2. The lowest BCUT2D eigenvalue weighted by atomic mass is 10.1. The topological polar surface area (TPSA) is 97.3 Å². The molecular weight excluding hydrogens is 346 g/mol. The normalized spacial score (nSPS) is 21.7. The van der Waals surface area contributed by atoms with Crippen LogP contribution in [0.15, 0.2) is 36.9 Å². The third-order valence-corrected chi connectivity index (χ3v) is 4.69. The van der Waals surface area contributed by atoms with Crippen LogP contribution in [0, 0.1) is 6.92 Å². The van der Waals surface area contributed by atoms with Crippen LogP contribution < -0.4 is 10.1 Å². The Morgan fingerprint density at radius 3 is 2.74 bits per heavy atom. The molecule has 0 radical (unpaired) electrons. The van der Waals surface area contributed by atoms with Crippen LogP contribution in [-0.2, 0) is 4.79 Å². The number of likely N-dealkylation sites (tertiary alicyclic amines) is 1. The lowest BCUT2D eigenvalue weighted by molar-refractivity contribution is -0.125. The van der Waals surface area contributed by atoms with E-state index in [1.807, 2.05) is 6.07 Å².